The molecule has 0 spiro atoms. The van der Waals surface area contributed by atoms with E-state index < -0.39 is 0 Å². The maximum Gasteiger partial charge on any atom is 0.232 e. The van der Waals surface area contributed by atoms with E-state index in [0.717, 1.165) is 16.9 Å². The lowest BCUT2D eigenvalue weighted by Crippen LogP contribution is -2.03. The van der Waals surface area contributed by atoms with Crippen LogP contribution in [0.2, 0.25) is 10.0 Å². The van der Waals surface area contributed by atoms with Crippen LogP contribution in [0.1, 0.15) is 11.1 Å². The second-order valence-corrected chi connectivity index (χ2v) is 5.30. The zero-order valence-electron chi connectivity index (χ0n) is 11.6. The summed E-state index contributed by atoms with van der Waals surface area (Å²) in [6.07, 6.45) is 0. The van der Waals surface area contributed by atoms with E-state index in [1.54, 1.807) is 12.1 Å². The van der Waals surface area contributed by atoms with Crippen molar-refractivity contribution < 1.29 is 4.74 Å². The fourth-order valence-electron chi connectivity index (χ4n) is 1.68. The molecule has 7 heteroatoms. The van der Waals surface area contributed by atoms with Gasteiger partial charge >= 0.3 is 0 Å². The monoisotopic (exact) mass is 336 g/mol. The van der Waals surface area contributed by atoms with Crippen LogP contribution < -0.4 is 10.5 Å². The minimum absolute atomic E-state index is 0.306. The summed E-state index contributed by atoms with van der Waals surface area (Å²) >= 11 is 11.9. The lowest BCUT2D eigenvalue weighted by atomic mass is 10.2. The Morgan fingerprint density at radius 3 is 2.50 bits per heavy atom. The van der Waals surface area contributed by atoms with Gasteiger partial charge in [0.25, 0.3) is 0 Å². The molecule has 3 N–H and O–H groups in total. The van der Waals surface area contributed by atoms with Crippen molar-refractivity contribution in [2.45, 2.75) is 13.2 Å². The predicted molar refractivity (Wildman–Crippen MR) is 87.7 cm³/mol. The number of nitrogens with one attached hydrogen (secondary N) is 1. The number of nitrogens with zero attached hydrogens (tertiary/aromatic N) is 2. The van der Waals surface area contributed by atoms with Crippen molar-refractivity contribution in [1.29, 1.82) is 5.41 Å². The quantitative estimate of drug-likeness (QED) is 0.481. The zero-order valence-corrected chi connectivity index (χ0v) is 13.1. The van der Waals surface area contributed by atoms with Gasteiger partial charge in [0.1, 0.15) is 12.4 Å². The highest BCUT2D eigenvalue weighted by atomic mass is 35.5. The molecule has 0 aromatic heterocycles. The summed E-state index contributed by atoms with van der Waals surface area (Å²) in [6, 6.07) is 12.7. The van der Waals surface area contributed by atoms with E-state index in [9.17, 15) is 0 Å². The highest BCUT2D eigenvalue weighted by Crippen LogP contribution is 2.23. The second-order valence-electron chi connectivity index (χ2n) is 4.45. The molecule has 2 aromatic rings. The number of hydrogen-bond acceptors (Lipinski definition) is 3. The summed E-state index contributed by atoms with van der Waals surface area (Å²) in [7, 11) is 0. The van der Waals surface area contributed by atoms with Gasteiger partial charge in [0, 0.05) is 15.6 Å². The first kappa shape index (κ1) is 16.3. The third-order valence-electron chi connectivity index (χ3n) is 2.76. The Hall–Kier alpha value is -2.11. The van der Waals surface area contributed by atoms with Crippen LogP contribution >= 0.6 is 23.2 Å². The minimum atomic E-state index is -0.306. The first-order valence-electron chi connectivity index (χ1n) is 6.42. The van der Waals surface area contributed by atoms with Crippen LogP contribution in [0.15, 0.2) is 52.7 Å². The van der Waals surface area contributed by atoms with Crippen molar-refractivity contribution in [2.75, 3.05) is 0 Å². The molecule has 0 radical (unpaired) electrons. The van der Waals surface area contributed by atoms with Crippen LogP contribution in [-0.2, 0) is 13.2 Å². The maximum atomic E-state index is 6.94. The largest absolute Gasteiger partial charge is 0.489 e. The SMILES string of the molecule is N=C(N)N=NCc1ccc(OCc2ccc(Cl)cc2Cl)cc1. The van der Waals surface area contributed by atoms with Gasteiger partial charge < -0.3 is 10.5 Å². The highest BCUT2D eigenvalue weighted by Gasteiger charge is 2.02. The number of hydrogen-bond donors (Lipinski definition) is 2. The number of halogens is 2. The Labute approximate surface area is 138 Å². The molecule has 5 nitrogen and oxygen atoms in total. The number of guanidine groups is 1. The third kappa shape index (κ3) is 5.02. The van der Waals surface area contributed by atoms with E-state index in [4.69, 9.17) is 39.1 Å². The highest BCUT2D eigenvalue weighted by molar-refractivity contribution is 6.35. The molecule has 0 saturated heterocycles. The molecule has 0 aliphatic rings. The van der Waals surface area contributed by atoms with Crippen molar-refractivity contribution in [3.05, 3.63) is 63.6 Å². The molecule has 114 valence electrons. The fraction of sp³-hybridized carbons (Fsp3) is 0.133. The van der Waals surface area contributed by atoms with Crippen molar-refractivity contribution in [3.8, 4) is 5.75 Å². The van der Waals surface area contributed by atoms with E-state index in [1.807, 2.05) is 30.3 Å². The number of benzene rings is 2. The zero-order chi connectivity index (χ0) is 15.9. The van der Waals surface area contributed by atoms with E-state index in [2.05, 4.69) is 10.2 Å². The van der Waals surface area contributed by atoms with E-state index in [-0.39, 0.29) is 5.96 Å². The molecule has 0 aliphatic carbocycles. The number of nitrogens with two attached hydrogens (primary N) is 1. The summed E-state index contributed by atoms with van der Waals surface area (Å²) < 4.78 is 5.67. The van der Waals surface area contributed by atoms with E-state index >= 15 is 0 Å². The van der Waals surface area contributed by atoms with Gasteiger partial charge in [-0.3, -0.25) is 5.41 Å². The fourth-order valence-corrected chi connectivity index (χ4v) is 2.15. The van der Waals surface area contributed by atoms with Gasteiger partial charge in [-0.1, -0.05) is 41.4 Å². The van der Waals surface area contributed by atoms with Crippen molar-refractivity contribution in [1.82, 2.24) is 0 Å². The molecule has 2 aromatic carbocycles. The molecular weight excluding hydrogens is 323 g/mol. The normalized spacial score (nSPS) is 10.8. The average molecular weight is 337 g/mol. The van der Waals surface area contributed by atoms with Crippen molar-refractivity contribution in [3.63, 3.8) is 0 Å². The first-order chi connectivity index (χ1) is 10.5. The van der Waals surface area contributed by atoms with Crippen LogP contribution in [0, 0.1) is 5.41 Å². The predicted octanol–water partition coefficient (Wildman–Crippen LogP) is 4.42. The van der Waals surface area contributed by atoms with Crippen molar-refractivity contribution in [2.24, 2.45) is 16.0 Å². The number of rotatable bonds is 5. The van der Waals surface area contributed by atoms with Crippen LogP contribution in [-0.4, -0.2) is 5.96 Å². The lowest BCUT2D eigenvalue weighted by Gasteiger charge is -2.08. The standard InChI is InChI=1S/C15H14Cl2N4O/c16-12-4-3-11(14(17)7-12)9-22-13-5-1-10(2-6-13)8-20-21-15(18)19/h1-7H,8-9H2,(H3,18,19). The molecule has 22 heavy (non-hydrogen) atoms. The summed E-state index contributed by atoms with van der Waals surface area (Å²) in [5.74, 6) is 0.415. The summed E-state index contributed by atoms with van der Waals surface area (Å²) in [5, 5.41) is 15.4. The van der Waals surface area contributed by atoms with Gasteiger partial charge in [0.15, 0.2) is 0 Å². The molecule has 0 saturated carbocycles. The van der Waals surface area contributed by atoms with Crippen LogP contribution in [0.3, 0.4) is 0 Å². The van der Waals surface area contributed by atoms with Gasteiger partial charge in [0.05, 0.1) is 6.54 Å². The topological polar surface area (TPSA) is 83.8 Å². The Kier molecular flexibility index (Phi) is 5.75. The molecule has 0 unspecified atom stereocenters. The van der Waals surface area contributed by atoms with Gasteiger partial charge in [0.2, 0.25) is 5.96 Å². The van der Waals surface area contributed by atoms with Crippen LogP contribution in [0.5, 0.6) is 5.75 Å². The molecule has 0 fully saturated rings. The van der Waals surface area contributed by atoms with Gasteiger partial charge in [-0.05, 0) is 29.8 Å². The van der Waals surface area contributed by atoms with Crippen LogP contribution in [0.25, 0.3) is 0 Å². The average Bonchev–Trinajstić information content (AvgIpc) is 2.47. The van der Waals surface area contributed by atoms with Crippen LogP contribution in [0.4, 0.5) is 0 Å². The molecule has 2 rings (SSSR count). The Morgan fingerprint density at radius 1 is 1.14 bits per heavy atom. The van der Waals surface area contributed by atoms with Gasteiger partial charge in [-0.2, -0.15) is 5.11 Å². The Balaban J connectivity index is 1.92. The number of azo groups is 1. The van der Waals surface area contributed by atoms with E-state index in [0.29, 0.717) is 23.2 Å². The first-order valence-corrected chi connectivity index (χ1v) is 7.17. The Bertz CT molecular complexity index is 686. The van der Waals surface area contributed by atoms with Gasteiger partial charge in [-0.15, -0.1) is 5.11 Å². The van der Waals surface area contributed by atoms with Crippen molar-refractivity contribution >= 4 is 29.2 Å². The molecule has 0 heterocycles. The second kappa shape index (κ2) is 7.77. The summed E-state index contributed by atoms with van der Waals surface area (Å²) in [5.41, 5.74) is 6.89. The van der Waals surface area contributed by atoms with E-state index in [1.165, 1.54) is 0 Å². The third-order valence-corrected chi connectivity index (χ3v) is 3.35. The molecule has 0 bridgehead atoms. The Morgan fingerprint density at radius 2 is 1.86 bits per heavy atom. The lowest BCUT2D eigenvalue weighted by molar-refractivity contribution is 0.306. The maximum absolute atomic E-state index is 6.94. The minimum Gasteiger partial charge on any atom is -0.489 e. The smallest absolute Gasteiger partial charge is 0.232 e. The van der Waals surface area contributed by atoms with Gasteiger partial charge in [-0.25, -0.2) is 0 Å². The molecule has 0 amide bonds. The molecule has 0 aliphatic heterocycles. The number of ether oxygens (including phenoxy) is 1. The summed E-state index contributed by atoms with van der Waals surface area (Å²) in [6.45, 7) is 0.724. The molecular formula is C15H14Cl2N4O. The summed E-state index contributed by atoms with van der Waals surface area (Å²) in [4.78, 5) is 0. The molecule has 0 atom stereocenters.